The largest absolute Gasteiger partial charge is 0.414 e. The standard InChI is InChI=1S/C15H25F3N2O3/c1-23-12-5-3-2-4-11(12)19-14(22)20-8-6-10(7-9-20)13(21)15(16,17)18/h10-13,21H,2-9H2,1H3,(H,19,22)/t11-,12-,13+/m1/s1. The summed E-state index contributed by atoms with van der Waals surface area (Å²) in [5.41, 5.74) is 0. The van der Waals surface area contributed by atoms with Gasteiger partial charge in [-0.1, -0.05) is 12.8 Å². The number of hydrogen-bond acceptors (Lipinski definition) is 3. The summed E-state index contributed by atoms with van der Waals surface area (Å²) in [6, 6.07) is -0.293. The Kier molecular flexibility index (Phi) is 6.13. The number of aliphatic hydroxyl groups is 1. The van der Waals surface area contributed by atoms with Gasteiger partial charge in [0.15, 0.2) is 6.10 Å². The van der Waals surface area contributed by atoms with E-state index in [0.29, 0.717) is 0 Å². The molecule has 1 saturated carbocycles. The first kappa shape index (κ1) is 18.3. The molecule has 2 amide bonds. The molecule has 134 valence electrons. The summed E-state index contributed by atoms with van der Waals surface area (Å²) in [4.78, 5) is 13.8. The van der Waals surface area contributed by atoms with Crippen LogP contribution in [0.2, 0.25) is 0 Å². The maximum absolute atomic E-state index is 12.5. The normalized spacial score (nSPS) is 28.5. The lowest BCUT2D eigenvalue weighted by atomic mass is 9.90. The number of ether oxygens (including phenoxy) is 1. The van der Waals surface area contributed by atoms with E-state index in [1.807, 2.05) is 0 Å². The molecule has 8 heteroatoms. The summed E-state index contributed by atoms with van der Waals surface area (Å²) in [6.07, 6.45) is -2.71. The molecule has 1 aliphatic carbocycles. The van der Waals surface area contributed by atoms with Crippen LogP contribution in [0.5, 0.6) is 0 Å². The van der Waals surface area contributed by atoms with Gasteiger partial charge in [-0.25, -0.2) is 4.79 Å². The highest BCUT2D eigenvalue weighted by molar-refractivity contribution is 5.74. The van der Waals surface area contributed by atoms with Gasteiger partial charge in [0.2, 0.25) is 0 Å². The lowest BCUT2D eigenvalue weighted by Crippen LogP contribution is -2.53. The molecule has 5 nitrogen and oxygen atoms in total. The summed E-state index contributed by atoms with van der Waals surface area (Å²) in [7, 11) is 1.62. The van der Waals surface area contributed by atoms with Crippen molar-refractivity contribution in [2.45, 2.75) is 63.0 Å². The zero-order valence-corrected chi connectivity index (χ0v) is 13.3. The maximum atomic E-state index is 12.5. The smallest absolute Gasteiger partial charge is 0.383 e. The number of nitrogens with one attached hydrogen (secondary N) is 1. The van der Waals surface area contributed by atoms with E-state index in [0.717, 1.165) is 25.7 Å². The van der Waals surface area contributed by atoms with Crippen molar-refractivity contribution in [3.8, 4) is 0 Å². The minimum absolute atomic E-state index is 0.00251. The zero-order valence-electron chi connectivity index (χ0n) is 13.3. The molecule has 23 heavy (non-hydrogen) atoms. The van der Waals surface area contributed by atoms with Crippen LogP contribution in [0.15, 0.2) is 0 Å². The minimum Gasteiger partial charge on any atom is -0.383 e. The van der Waals surface area contributed by atoms with Crippen LogP contribution in [0.25, 0.3) is 0 Å². The molecule has 1 heterocycles. The molecule has 0 aromatic heterocycles. The van der Waals surface area contributed by atoms with E-state index in [1.165, 1.54) is 4.90 Å². The van der Waals surface area contributed by atoms with Crippen LogP contribution < -0.4 is 5.32 Å². The van der Waals surface area contributed by atoms with Gasteiger partial charge in [0.1, 0.15) is 0 Å². The van der Waals surface area contributed by atoms with Crippen molar-refractivity contribution < 1.29 is 27.8 Å². The Morgan fingerprint density at radius 2 is 1.83 bits per heavy atom. The van der Waals surface area contributed by atoms with Crippen LogP contribution in [-0.4, -0.2) is 60.7 Å². The van der Waals surface area contributed by atoms with Gasteiger partial charge < -0.3 is 20.1 Å². The topological polar surface area (TPSA) is 61.8 Å². The van der Waals surface area contributed by atoms with E-state index in [-0.39, 0.29) is 44.1 Å². The number of amides is 2. The van der Waals surface area contributed by atoms with Gasteiger partial charge in [-0.3, -0.25) is 0 Å². The van der Waals surface area contributed by atoms with Crippen molar-refractivity contribution in [1.29, 1.82) is 0 Å². The number of aliphatic hydroxyl groups excluding tert-OH is 1. The van der Waals surface area contributed by atoms with Gasteiger partial charge in [0, 0.05) is 20.2 Å². The molecule has 2 fully saturated rings. The molecule has 0 radical (unpaired) electrons. The molecule has 0 aromatic rings. The zero-order chi connectivity index (χ0) is 17.0. The summed E-state index contributed by atoms with van der Waals surface area (Å²) in [6.45, 7) is 0.460. The van der Waals surface area contributed by atoms with E-state index < -0.39 is 18.2 Å². The van der Waals surface area contributed by atoms with Gasteiger partial charge >= 0.3 is 12.2 Å². The average molecular weight is 338 g/mol. The Morgan fingerprint density at radius 1 is 1.22 bits per heavy atom. The van der Waals surface area contributed by atoms with Crippen LogP contribution in [-0.2, 0) is 4.74 Å². The summed E-state index contributed by atoms with van der Waals surface area (Å²) < 4.78 is 43.0. The van der Waals surface area contributed by atoms with Gasteiger partial charge in [-0.05, 0) is 31.6 Å². The number of alkyl halides is 3. The number of rotatable bonds is 3. The van der Waals surface area contributed by atoms with E-state index in [2.05, 4.69) is 5.32 Å². The van der Waals surface area contributed by atoms with Crippen molar-refractivity contribution in [2.24, 2.45) is 5.92 Å². The van der Waals surface area contributed by atoms with Crippen LogP contribution in [0.3, 0.4) is 0 Å². The van der Waals surface area contributed by atoms with E-state index >= 15 is 0 Å². The van der Waals surface area contributed by atoms with Crippen molar-refractivity contribution in [3.05, 3.63) is 0 Å². The fraction of sp³-hybridized carbons (Fsp3) is 0.933. The third kappa shape index (κ3) is 4.73. The second-order valence-corrected chi connectivity index (χ2v) is 6.43. The predicted molar refractivity (Wildman–Crippen MR) is 77.9 cm³/mol. The van der Waals surface area contributed by atoms with Gasteiger partial charge in [-0.15, -0.1) is 0 Å². The third-order valence-electron chi connectivity index (χ3n) is 4.92. The van der Waals surface area contributed by atoms with Crippen LogP contribution in [0.4, 0.5) is 18.0 Å². The summed E-state index contributed by atoms with van der Waals surface area (Å²) in [5, 5.41) is 12.2. The predicted octanol–water partition coefficient (Wildman–Crippen LogP) is 2.29. The number of halogens is 3. The molecule has 2 N–H and O–H groups in total. The first-order valence-corrected chi connectivity index (χ1v) is 8.16. The number of carbonyl (C=O) groups excluding carboxylic acids is 1. The number of nitrogens with zero attached hydrogens (tertiary/aromatic N) is 1. The second-order valence-electron chi connectivity index (χ2n) is 6.43. The molecule has 1 aliphatic heterocycles. The van der Waals surface area contributed by atoms with Crippen molar-refractivity contribution in [2.75, 3.05) is 20.2 Å². The van der Waals surface area contributed by atoms with Crippen LogP contribution in [0.1, 0.15) is 38.5 Å². The van der Waals surface area contributed by atoms with Gasteiger partial charge in [0.25, 0.3) is 0 Å². The highest BCUT2D eigenvalue weighted by Gasteiger charge is 2.44. The molecule has 2 rings (SSSR count). The summed E-state index contributed by atoms with van der Waals surface area (Å²) >= 11 is 0. The Balaban J connectivity index is 1.81. The van der Waals surface area contributed by atoms with Crippen molar-refractivity contribution in [3.63, 3.8) is 0 Å². The van der Waals surface area contributed by atoms with E-state index in [9.17, 15) is 23.1 Å². The second kappa shape index (κ2) is 7.70. The first-order valence-electron chi connectivity index (χ1n) is 8.16. The molecular weight excluding hydrogens is 313 g/mol. The van der Waals surface area contributed by atoms with Crippen LogP contribution in [0, 0.1) is 5.92 Å². The molecule has 1 saturated heterocycles. The molecule has 0 spiro atoms. The van der Waals surface area contributed by atoms with Crippen LogP contribution >= 0.6 is 0 Å². The Labute approximate surface area is 134 Å². The van der Waals surface area contributed by atoms with Crippen molar-refractivity contribution in [1.82, 2.24) is 10.2 Å². The highest BCUT2D eigenvalue weighted by Crippen LogP contribution is 2.31. The van der Waals surface area contributed by atoms with E-state index in [1.54, 1.807) is 7.11 Å². The SMILES string of the molecule is CO[C@@H]1CCCC[C@H]1NC(=O)N1CCC([C@H](O)C(F)(F)F)CC1. The number of likely N-dealkylation sites (tertiary alicyclic amines) is 1. The van der Waals surface area contributed by atoms with Gasteiger partial charge in [-0.2, -0.15) is 13.2 Å². The Hall–Kier alpha value is -1.02. The van der Waals surface area contributed by atoms with Gasteiger partial charge in [0.05, 0.1) is 12.1 Å². The average Bonchev–Trinajstić information content (AvgIpc) is 2.54. The Morgan fingerprint density at radius 3 is 2.39 bits per heavy atom. The number of urea groups is 1. The number of hydrogen-bond donors (Lipinski definition) is 2. The minimum atomic E-state index is -4.59. The molecule has 3 atom stereocenters. The lowest BCUT2D eigenvalue weighted by Gasteiger charge is -2.37. The molecule has 0 aromatic carbocycles. The highest BCUT2D eigenvalue weighted by atomic mass is 19.4. The number of methoxy groups -OCH3 is 1. The molecular formula is C15H25F3N2O3. The molecule has 2 aliphatic rings. The monoisotopic (exact) mass is 338 g/mol. The number of carbonyl (C=O) groups is 1. The Bertz CT molecular complexity index is 398. The van der Waals surface area contributed by atoms with Crippen molar-refractivity contribution >= 4 is 6.03 Å². The molecule has 0 bridgehead atoms. The number of piperidine rings is 1. The summed E-state index contributed by atoms with van der Waals surface area (Å²) in [5.74, 6) is -0.833. The molecule has 0 unspecified atom stereocenters. The third-order valence-corrected chi connectivity index (χ3v) is 4.92. The maximum Gasteiger partial charge on any atom is 0.414 e. The first-order chi connectivity index (χ1) is 10.8. The lowest BCUT2D eigenvalue weighted by molar-refractivity contribution is -0.222. The van der Waals surface area contributed by atoms with E-state index in [4.69, 9.17) is 4.74 Å². The quantitative estimate of drug-likeness (QED) is 0.830. The fourth-order valence-corrected chi connectivity index (χ4v) is 3.48. The fourth-order valence-electron chi connectivity index (χ4n) is 3.48.